The lowest BCUT2D eigenvalue weighted by Crippen LogP contribution is -2.35. The number of aryl methyl sites for hydroxylation is 1. The molecule has 1 aromatic rings. The Bertz CT molecular complexity index is 334. The predicted molar refractivity (Wildman–Crippen MR) is 77.9 cm³/mol. The molecule has 1 aliphatic heterocycles. The molecule has 2 heterocycles. The topological polar surface area (TPSA) is 29.9 Å². The Hall–Kier alpha value is -0.130. The van der Waals surface area contributed by atoms with E-state index in [1.807, 2.05) is 6.20 Å². The molecule has 0 bridgehead atoms. The van der Waals surface area contributed by atoms with Gasteiger partial charge in [0.05, 0.1) is 11.7 Å². The Balaban J connectivity index is 2.15. The Morgan fingerprint density at radius 2 is 2.41 bits per heavy atom. The Kier molecular flexibility index (Phi) is 5.25. The van der Waals surface area contributed by atoms with Gasteiger partial charge >= 0.3 is 0 Å². The van der Waals surface area contributed by atoms with Crippen LogP contribution in [-0.4, -0.2) is 38.8 Å². The molecule has 3 nitrogen and oxygen atoms in total. The van der Waals surface area contributed by atoms with Crippen LogP contribution >= 0.6 is 23.5 Å². The summed E-state index contributed by atoms with van der Waals surface area (Å²) in [5, 5.41) is 8.70. The van der Waals surface area contributed by atoms with Crippen LogP contribution in [-0.2, 0) is 6.54 Å². The summed E-state index contributed by atoms with van der Waals surface area (Å²) in [5.41, 5.74) is 1.34. The van der Waals surface area contributed by atoms with Crippen molar-refractivity contribution in [2.75, 3.05) is 23.8 Å². The van der Waals surface area contributed by atoms with Gasteiger partial charge in [-0.25, -0.2) is 0 Å². The van der Waals surface area contributed by atoms with Crippen LogP contribution in [0.4, 0.5) is 0 Å². The predicted octanol–water partition coefficient (Wildman–Crippen LogP) is 2.40. The number of rotatable bonds is 5. The summed E-state index contributed by atoms with van der Waals surface area (Å²) in [4.78, 5) is 0. The second-order valence-electron chi connectivity index (χ2n) is 4.09. The Morgan fingerprint density at radius 3 is 3.06 bits per heavy atom. The van der Waals surface area contributed by atoms with E-state index in [-0.39, 0.29) is 0 Å². The molecule has 2 atom stereocenters. The molecule has 5 heteroatoms. The third kappa shape index (κ3) is 3.20. The van der Waals surface area contributed by atoms with Crippen molar-refractivity contribution in [2.45, 2.75) is 31.7 Å². The normalized spacial score (nSPS) is 22.6. The van der Waals surface area contributed by atoms with Gasteiger partial charge in [0.1, 0.15) is 0 Å². The van der Waals surface area contributed by atoms with Crippen LogP contribution in [0.2, 0.25) is 0 Å². The first kappa shape index (κ1) is 13.3. The highest BCUT2D eigenvalue weighted by atomic mass is 32.2. The first-order valence-electron chi connectivity index (χ1n) is 6.31. The number of aromatic nitrogens is 2. The summed E-state index contributed by atoms with van der Waals surface area (Å²) < 4.78 is 2.12. The summed E-state index contributed by atoms with van der Waals surface area (Å²) in [6.07, 6.45) is 1.92. The van der Waals surface area contributed by atoms with Crippen molar-refractivity contribution < 1.29 is 0 Å². The second kappa shape index (κ2) is 6.71. The van der Waals surface area contributed by atoms with E-state index < -0.39 is 0 Å². The molecule has 1 saturated heterocycles. The Morgan fingerprint density at radius 1 is 1.53 bits per heavy atom. The minimum absolute atomic E-state index is 0.445. The van der Waals surface area contributed by atoms with Gasteiger partial charge in [-0.2, -0.15) is 28.6 Å². The highest BCUT2D eigenvalue weighted by Crippen LogP contribution is 2.33. The van der Waals surface area contributed by atoms with Gasteiger partial charge in [-0.1, -0.05) is 6.92 Å². The fourth-order valence-corrected chi connectivity index (χ4v) is 5.07. The molecule has 2 unspecified atom stereocenters. The molecular weight excluding hydrogens is 250 g/mol. The maximum Gasteiger partial charge on any atom is 0.0620 e. The van der Waals surface area contributed by atoms with Gasteiger partial charge in [-0.15, -0.1) is 0 Å². The third-order valence-electron chi connectivity index (χ3n) is 3.01. The summed E-state index contributed by atoms with van der Waals surface area (Å²) in [6, 6.07) is 2.61. The van der Waals surface area contributed by atoms with Gasteiger partial charge in [0.2, 0.25) is 0 Å². The molecule has 2 rings (SSSR count). The van der Waals surface area contributed by atoms with Crippen LogP contribution in [0.15, 0.2) is 12.3 Å². The molecule has 0 radical (unpaired) electrons. The molecule has 17 heavy (non-hydrogen) atoms. The highest BCUT2D eigenvalue weighted by Gasteiger charge is 2.27. The smallest absolute Gasteiger partial charge is 0.0620 e. The average Bonchev–Trinajstić information content (AvgIpc) is 2.85. The quantitative estimate of drug-likeness (QED) is 0.890. The Labute approximate surface area is 112 Å². The van der Waals surface area contributed by atoms with Crippen LogP contribution in [0.25, 0.3) is 0 Å². The zero-order valence-corrected chi connectivity index (χ0v) is 12.2. The fraction of sp³-hybridized carbons (Fsp3) is 0.750. The minimum Gasteiger partial charge on any atom is -0.308 e. The summed E-state index contributed by atoms with van der Waals surface area (Å²) in [7, 11) is 0. The number of thioether (sulfide) groups is 2. The maximum atomic E-state index is 4.39. The molecule has 0 saturated carbocycles. The summed E-state index contributed by atoms with van der Waals surface area (Å²) >= 11 is 4.18. The van der Waals surface area contributed by atoms with Gasteiger partial charge < -0.3 is 5.32 Å². The van der Waals surface area contributed by atoms with Gasteiger partial charge in [0.25, 0.3) is 0 Å². The zero-order valence-electron chi connectivity index (χ0n) is 10.6. The van der Waals surface area contributed by atoms with Crippen LogP contribution in [0, 0.1) is 0 Å². The van der Waals surface area contributed by atoms with Crippen LogP contribution in [0.3, 0.4) is 0 Å². The molecule has 1 aromatic heterocycles. The van der Waals surface area contributed by atoms with Crippen LogP contribution in [0.5, 0.6) is 0 Å². The van der Waals surface area contributed by atoms with E-state index in [0.29, 0.717) is 11.3 Å². The lowest BCUT2D eigenvalue weighted by molar-refractivity contribution is 0.491. The largest absolute Gasteiger partial charge is 0.308 e. The molecule has 0 aromatic carbocycles. The molecule has 96 valence electrons. The molecular formula is C12H21N3S2. The zero-order chi connectivity index (χ0) is 12.1. The van der Waals surface area contributed by atoms with Gasteiger partial charge in [0, 0.05) is 35.3 Å². The van der Waals surface area contributed by atoms with Crippen molar-refractivity contribution in [3.05, 3.63) is 18.0 Å². The van der Waals surface area contributed by atoms with E-state index in [4.69, 9.17) is 0 Å². The van der Waals surface area contributed by atoms with E-state index in [9.17, 15) is 0 Å². The minimum atomic E-state index is 0.445. The standard InChI is InChI=1S/C12H21N3S2/c1-3-13-12(11-9-16-7-8-17-11)10-5-6-14-15(10)4-2/h5-6,11-13H,3-4,7-9H2,1-2H3. The molecule has 1 N–H and O–H groups in total. The van der Waals surface area contributed by atoms with Crippen molar-refractivity contribution in [1.29, 1.82) is 0 Å². The van der Waals surface area contributed by atoms with E-state index in [1.165, 1.54) is 23.0 Å². The lowest BCUT2D eigenvalue weighted by Gasteiger charge is -2.30. The van der Waals surface area contributed by atoms with E-state index in [2.05, 4.69) is 58.5 Å². The first-order chi connectivity index (χ1) is 8.36. The summed E-state index contributed by atoms with van der Waals surface area (Å²) in [6.45, 7) is 6.30. The van der Waals surface area contributed by atoms with Gasteiger partial charge in [-0.3, -0.25) is 4.68 Å². The van der Waals surface area contributed by atoms with E-state index >= 15 is 0 Å². The van der Waals surface area contributed by atoms with Crippen molar-refractivity contribution in [3.8, 4) is 0 Å². The first-order valence-corrected chi connectivity index (χ1v) is 8.51. The van der Waals surface area contributed by atoms with Crippen LogP contribution in [0.1, 0.15) is 25.6 Å². The fourth-order valence-electron chi connectivity index (χ4n) is 2.22. The van der Waals surface area contributed by atoms with E-state index in [1.54, 1.807) is 0 Å². The number of hydrogen-bond donors (Lipinski definition) is 1. The molecule has 1 fully saturated rings. The maximum absolute atomic E-state index is 4.39. The van der Waals surface area contributed by atoms with Gasteiger partial charge in [0.15, 0.2) is 0 Å². The van der Waals surface area contributed by atoms with Crippen molar-refractivity contribution in [2.24, 2.45) is 0 Å². The summed E-state index contributed by atoms with van der Waals surface area (Å²) in [5.74, 6) is 3.82. The van der Waals surface area contributed by atoms with Crippen molar-refractivity contribution in [3.63, 3.8) is 0 Å². The number of nitrogens with zero attached hydrogens (tertiary/aromatic N) is 2. The number of hydrogen-bond acceptors (Lipinski definition) is 4. The van der Waals surface area contributed by atoms with Crippen molar-refractivity contribution in [1.82, 2.24) is 15.1 Å². The molecule has 0 spiro atoms. The van der Waals surface area contributed by atoms with Gasteiger partial charge in [-0.05, 0) is 19.5 Å². The molecule has 0 amide bonds. The number of nitrogens with one attached hydrogen (secondary N) is 1. The average molecular weight is 271 g/mol. The monoisotopic (exact) mass is 271 g/mol. The van der Waals surface area contributed by atoms with Crippen LogP contribution < -0.4 is 5.32 Å². The third-order valence-corrected chi connectivity index (χ3v) is 5.87. The lowest BCUT2D eigenvalue weighted by atomic mass is 10.1. The second-order valence-corrected chi connectivity index (χ2v) is 6.59. The SMILES string of the molecule is CCNC(c1ccnn1CC)C1CSCCS1. The highest BCUT2D eigenvalue weighted by molar-refractivity contribution is 8.06. The molecule has 1 aliphatic rings. The molecule has 0 aliphatic carbocycles. The van der Waals surface area contributed by atoms with E-state index in [0.717, 1.165) is 13.1 Å². The van der Waals surface area contributed by atoms with Crippen molar-refractivity contribution >= 4 is 23.5 Å².